The molecule has 12 heteroatoms. The molecular weight excluding hydrogens is 534 g/mol. The zero-order valence-electron chi connectivity index (χ0n) is 22.8. The molecule has 3 N–H and O–H groups in total. The molecule has 0 radical (unpaired) electrons. The van der Waals surface area contributed by atoms with Crippen molar-refractivity contribution in [2.45, 2.75) is 6.61 Å². The van der Waals surface area contributed by atoms with Crippen molar-refractivity contribution in [1.29, 1.82) is 0 Å². The van der Waals surface area contributed by atoms with Crippen LogP contribution >= 0.6 is 11.6 Å². The molecule has 0 fully saturated rings. The van der Waals surface area contributed by atoms with E-state index < -0.39 is 11.7 Å². The number of likely N-dealkylation sites (N-methyl/N-ethyl adjacent to an activating group) is 2. The number of nitrogens with zero attached hydrogens (tertiary/aromatic N) is 4. The number of amides is 2. The molecule has 0 atom stereocenters. The van der Waals surface area contributed by atoms with Crippen LogP contribution in [0.15, 0.2) is 61.3 Å². The fourth-order valence-electron chi connectivity index (χ4n) is 3.39. The lowest BCUT2D eigenvalue weighted by Crippen LogP contribution is -2.30. The van der Waals surface area contributed by atoms with E-state index in [4.69, 9.17) is 16.3 Å². The average Bonchev–Trinajstić information content (AvgIpc) is 2.93. The second-order valence-corrected chi connectivity index (χ2v) is 9.54. The van der Waals surface area contributed by atoms with Gasteiger partial charge in [-0.2, -0.15) is 4.98 Å². The highest BCUT2D eigenvalue weighted by molar-refractivity contribution is 6.43. The lowest BCUT2D eigenvalue weighted by molar-refractivity contribution is -0.124. The SMILES string of the molecule is C=CC(=O)Nc1cc(Nc2ncc(Cl)c(Nc3ccccc3C(=O)C(=O)N(C)C)n2)ccc1COCCN(C)C. The molecule has 0 saturated carbocycles. The predicted molar refractivity (Wildman–Crippen MR) is 157 cm³/mol. The molecule has 0 bridgehead atoms. The summed E-state index contributed by atoms with van der Waals surface area (Å²) in [4.78, 5) is 48.9. The molecule has 0 unspecified atom stereocenters. The smallest absolute Gasteiger partial charge is 0.294 e. The highest BCUT2D eigenvalue weighted by Gasteiger charge is 2.21. The van der Waals surface area contributed by atoms with Crippen molar-refractivity contribution in [3.05, 3.63) is 77.5 Å². The van der Waals surface area contributed by atoms with E-state index in [1.807, 2.05) is 25.1 Å². The first-order chi connectivity index (χ1) is 19.1. The Morgan fingerprint density at radius 1 is 1.05 bits per heavy atom. The lowest BCUT2D eigenvalue weighted by Gasteiger charge is -2.16. The quantitative estimate of drug-likeness (QED) is 0.121. The summed E-state index contributed by atoms with van der Waals surface area (Å²) in [6, 6.07) is 11.9. The van der Waals surface area contributed by atoms with Gasteiger partial charge < -0.3 is 30.5 Å². The fourth-order valence-corrected chi connectivity index (χ4v) is 3.53. The summed E-state index contributed by atoms with van der Waals surface area (Å²) in [6.07, 6.45) is 2.59. The van der Waals surface area contributed by atoms with Crippen molar-refractivity contribution in [1.82, 2.24) is 19.8 Å². The molecule has 2 aromatic carbocycles. The van der Waals surface area contributed by atoms with E-state index in [0.29, 0.717) is 30.3 Å². The van der Waals surface area contributed by atoms with Crippen LogP contribution in [0, 0.1) is 0 Å². The first kappa shape index (κ1) is 30.2. The third-order valence-corrected chi connectivity index (χ3v) is 5.80. The number of rotatable bonds is 13. The van der Waals surface area contributed by atoms with Gasteiger partial charge in [-0.05, 0) is 44.4 Å². The summed E-state index contributed by atoms with van der Waals surface area (Å²) in [5.74, 6) is -1.26. The van der Waals surface area contributed by atoms with Crippen LogP contribution in [0.5, 0.6) is 0 Å². The molecule has 0 spiro atoms. The number of ether oxygens (including phenoxy) is 1. The highest BCUT2D eigenvalue weighted by Crippen LogP contribution is 2.28. The summed E-state index contributed by atoms with van der Waals surface area (Å²) in [5.41, 5.74) is 2.47. The second-order valence-electron chi connectivity index (χ2n) is 9.14. The molecule has 11 nitrogen and oxygen atoms in total. The monoisotopic (exact) mass is 565 g/mol. The number of benzene rings is 2. The molecule has 1 heterocycles. The number of carbonyl (C=O) groups excluding carboxylic acids is 3. The molecular formula is C28H32ClN7O4. The first-order valence-corrected chi connectivity index (χ1v) is 12.7. The van der Waals surface area contributed by atoms with Gasteiger partial charge in [0.1, 0.15) is 5.02 Å². The largest absolute Gasteiger partial charge is 0.375 e. The van der Waals surface area contributed by atoms with Crippen LogP contribution in [0.4, 0.5) is 28.8 Å². The Labute approximate surface area is 238 Å². The van der Waals surface area contributed by atoms with Gasteiger partial charge in [0.25, 0.3) is 11.7 Å². The standard InChI is InChI=1S/C28H32ClN7O4/c1-6-24(37)32-23-15-19(12-11-18(23)17-40-14-13-35(2)3)31-28-30-16-21(29)26(34-28)33-22-10-8-7-9-20(22)25(38)27(39)36(4)5/h6-12,15-16H,1,13-14,17H2,2-5H3,(H,32,37)(H2,30,31,33,34). The van der Waals surface area contributed by atoms with E-state index in [9.17, 15) is 14.4 Å². The minimum absolute atomic E-state index is 0.177. The second kappa shape index (κ2) is 14.2. The molecule has 0 aliphatic carbocycles. The Balaban J connectivity index is 1.83. The normalized spacial score (nSPS) is 10.7. The van der Waals surface area contributed by atoms with Gasteiger partial charge in [-0.1, -0.05) is 36.4 Å². The third kappa shape index (κ3) is 8.34. The molecule has 1 aromatic heterocycles. The average molecular weight is 566 g/mol. The number of Topliss-reactive ketones (excluding diaryl/α,β-unsaturated/α-hetero) is 1. The van der Waals surface area contributed by atoms with Gasteiger partial charge >= 0.3 is 0 Å². The van der Waals surface area contributed by atoms with Gasteiger partial charge in [-0.25, -0.2) is 4.98 Å². The molecule has 0 saturated heterocycles. The maximum absolute atomic E-state index is 12.7. The number of hydrogen-bond acceptors (Lipinski definition) is 9. The van der Waals surface area contributed by atoms with Crippen molar-refractivity contribution in [2.24, 2.45) is 0 Å². The van der Waals surface area contributed by atoms with E-state index in [2.05, 4.69) is 32.5 Å². The van der Waals surface area contributed by atoms with Gasteiger partial charge in [-0.15, -0.1) is 0 Å². The minimum Gasteiger partial charge on any atom is -0.375 e. The van der Waals surface area contributed by atoms with E-state index in [1.54, 1.807) is 36.4 Å². The summed E-state index contributed by atoms with van der Waals surface area (Å²) >= 11 is 6.34. The first-order valence-electron chi connectivity index (χ1n) is 12.3. The van der Waals surface area contributed by atoms with Crippen molar-refractivity contribution in [2.75, 3.05) is 57.3 Å². The van der Waals surface area contributed by atoms with Crippen LogP contribution < -0.4 is 16.0 Å². The number of halogens is 1. The predicted octanol–water partition coefficient (Wildman–Crippen LogP) is 4.09. The van der Waals surface area contributed by atoms with Crippen molar-refractivity contribution >= 4 is 58.0 Å². The maximum atomic E-state index is 12.7. The molecule has 210 valence electrons. The van der Waals surface area contributed by atoms with Gasteiger partial charge in [0.15, 0.2) is 5.82 Å². The topological polar surface area (TPSA) is 129 Å². The third-order valence-electron chi connectivity index (χ3n) is 5.52. The van der Waals surface area contributed by atoms with Gasteiger partial charge in [0.2, 0.25) is 11.9 Å². The zero-order chi connectivity index (χ0) is 29.2. The number of nitrogens with one attached hydrogen (secondary N) is 3. The van der Waals surface area contributed by atoms with Crippen LogP contribution in [0.1, 0.15) is 15.9 Å². The number of aromatic nitrogens is 2. The van der Waals surface area contributed by atoms with Crippen molar-refractivity contribution in [3.63, 3.8) is 0 Å². The molecule has 0 aliphatic heterocycles. The Hall–Kier alpha value is -4.32. The van der Waals surface area contributed by atoms with Crippen molar-refractivity contribution < 1.29 is 19.1 Å². The zero-order valence-corrected chi connectivity index (χ0v) is 23.6. The molecule has 3 rings (SSSR count). The lowest BCUT2D eigenvalue weighted by atomic mass is 10.1. The Morgan fingerprint density at radius 3 is 2.50 bits per heavy atom. The van der Waals surface area contributed by atoms with Crippen LogP contribution in [-0.4, -0.2) is 78.7 Å². The molecule has 40 heavy (non-hydrogen) atoms. The van der Waals surface area contributed by atoms with Crippen LogP contribution in [0.25, 0.3) is 0 Å². The minimum atomic E-state index is -0.670. The number of hydrogen-bond donors (Lipinski definition) is 3. The Kier molecular flexibility index (Phi) is 10.7. The van der Waals surface area contributed by atoms with Crippen LogP contribution in [0.3, 0.4) is 0 Å². The van der Waals surface area contributed by atoms with Gasteiger partial charge in [0, 0.05) is 37.6 Å². The van der Waals surface area contributed by atoms with Crippen LogP contribution in [-0.2, 0) is 20.9 Å². The van der Waals surface area contributed by atoms with E-state index in [1.165, 1.54) is 31.3 Å². The maximum Gasteiger partial charge on any atom is 0.294 e. The summed E-state index contributed by atoms with van der Waals surface area (Å²) in [7, 11) is 6.94. The van der Waals surface area contributed by atoms with Gasteiger partial charge in [0.05, 0.1) is 30.7 Å². The fraction of sp³-hybridized carbons (Fsp3) is 0.250. The molecule has 3 aromatic rings. The molecule has 2 amide bonds. The Morgan fingerprint density at radius 2 is 1.80 bits per heavy atom. The number of ketones is 1. The highest BCUT2D eigenvalue weighted by atomic mass is 35.5. The van der Waals surface area contributed by atoms with Gasteiger partial charge in [-0.3, -0.25) is 14.4 Å². The number of para-hydroxylation sites is 1. The van der Waals surface area contributed by atoms with E-state index >= 15 is 0 Å². The van der Waals surface area contributed by atoms with E-state index in [0.717, 1.165) is 12.1 Å². The summed E-state index contributed by atoms with van der Waals surface area (Å²) in [5, 5.41) is 9.13. The number of carbonyl (C=O) groups is 3. The van der Waals surface area contributed by atoms with Crippen LogP contribution in [0.2, 0.25) is 5.02 Å². The van der Waals surface area contributed by atoms with Crippen molar-refractivity contribution in [3.8, 4) is 0 Å². The summed E-state index contributed by atoms with van der Waals surface area (Å²) in [6.45, 7) is 5.12. The van der Waals surface area contributed by atoms with E-state index in [-0.39, 0.29) is 28.3 Å². The summed E-state index contributed by atoms with van der Waals surface area (Å²) < 4.78 is 5.75. The molecule has 0 aliphatic rings. The number of anilines is 5. The Bertz CT molecular complexity index is 1390.